The third kappa shape index (κ3) is 6.58. The van der Waals surface area contributed by atoms with Crippen molar-refractivity contribution in [1.82, 2.24) is 10.3 Å². The van der Waals surface area contributed by atoms with Crippen molar-refractivity contribution in [2.45, 2.75) is 63.3 Å². The van der Waals surface area contributed by atoms with Gasteiger partial charge in [0, 0.05) is 35.0 Å². The number of aryl methyl sites for hydroxylation is 1. The highest BCUT2D eigenvalue weighted by Gasteiger charge is 2.30. The average Bonchev–Trinajstić information content (AvgIpc) is 3.80. The minimum Gasteiger partial charge on any atom is -0.349 e. The Hall–Kier alpha value is -2.77. The molecular weight excluding hydrogens is 533 g/mol. The molecule has 1 amide bonds. The Kier molecular flexibility index (Phi) is 8.49. The molecule has 2 aromatic rings. The van der Waals surface area contributed by atoms with Gasteiger partial charge in [-0.2, -0.15) is 16.9 Å². The number of thioether (sulfide) groups is 2. The Bertz CT molecular complexity index is 1370. The summed E-state index contributed by atoms with van der Waals surface area (Å²) in [5.41, 5.74) is 6.15. The molecule has 1 aliphatic carbocycles. The molecule has 0 aromatic heterocycles. The van der Waals surface area contributed by atoms with E-state index in [4.69, 9.17) is 10.1 Å². The molecule has 0 spiro atoms. The molecule has 6 rings (SSSR count). The highest BCUT2D eigenvalue weighted by Crippen LogP contribution is 2.37. The van der Waals surface area contributed by atoms with Gasteiger partial charge in [0.1, 0.15) is 5.04 Å². The van der Waals surface area contributed by atoms with Crippen LogP contribution in [0, 0.1) is 18.8 Å². The quantitative estimate of drug-likeness (QED) is 0.390. The largest absolute Gasteiger partial charge is 0.349 e. The SMILES string of the molecule is Cc1cc(C2=CC(C)CC=C3C(=NCC4CCSCC4)CC(Sc4ccccc4)=NN32)ccc1C(=O)NC1CC1. The van der Waals surface area contributed by atoms with Gasteiger partial charge in [-0.05, 0) is 92.2 Å². The van der Waals surface area contributed by atoms with Crippen molar-refractivity contribution >= 4 is 45.9 Å². The standard InChI is InChI=1S/C33H38N4OS2/c1-22-8-13-30-29(34-21-24-14-16-39-17-15-24)20-32(40-27-6-4-3-5-7-27)36-37(30)31(18-22)25-9-12-28(23(2)19-25)33(38)35-26-10-11-26/h3-7,9,12-13,18-19,22,24,26H,8,10-11,14-17,20-21H2,1-2H3,(H,35,38). The molecule has 7 heteroatoms. The number of carbonyl (C=O) groups is 1. The number of hydrogen-bond acceptors (Lipinski definition) is 6. The fourth-order valence-electron chi connectivity index (χ4n) is 5.42. The van der Waals surface area contributed by atoms with Crippen LogP contribution >= 0.6 is 23.5 Å². The maximum Gasteiger partial charge on any atom is 0.251 e. The Morgan fingerprint density at radius 1 is 1.10 bits per heavy atom. The van der Waals surface area contributed by atoms with E-state index in [2.05, 4.69) is 83.6 Å². The first-order chi connectivity index (χ1) is 19.5. The lowest BCUT2D eigenvalue weighted by Gasteiger charge is -2.31. The predicted octanol–water partition coefficient (Wildman–Crippen LogP) is 7.55. The molecule has 1 N–H and O–H groups in total. The Balaban J connectivity index is 1.35. The van der Waals surface area contributed by atoms with Crippen LogP contribution in [-0.2, 0) is 0 Å². The highest BCUT2D eigenvalue weighted by atomic mass is 32.2. The molecule has 1 saturated carbocycles. The predicted molar refractivity (Wildman–Crippen MR) is 170 cm³/mol. The maximum absolute atomic E-state index is 12.8. The Morgan fingerprint density at radius 3 is 2.65 bits per heavy atom. The molecule has 2 fully saturated rings. The summed E-state index contributed by atoms with van der Waals surface area (Å²) < 4.78 is 0. The first-order valence-corrected chi connectivity index (χ1v) is 16.6. The summed E-state index contributed by atoms with van der Waals surface area (Å²) in [5.74, 6) is 3.56. The second-order valence-electron chi connectivity index (χ2n) is 11.4. The summed E-state index contributed by atoms with van der Waals surface area (Å²) in [6.07, 6.45) is 11.1. The summed E-state index contributed by atoms with van der Waals surface area (Å²) in [5, 5.41) is 11.6. The first-order valence-electron chi connectivity index (χ1n) is 14.6. The van der Waals surface area contributed by atoms with Crippen LogP contribution in [0.2, 0.25) is 0 Å². The van der Waals surface area contributed by atoms with Crippen LogP contribution in [0.15, 0.2) is 81.4 Å². The van der Waals surface area contributed by atoms with Crippen LogP contribution in [0.25, 0.3) is 5.70 Å². The van der Waals surface area contributed by atoms with E-state index in [1.165, 1.54) is 29.2 Å². The Morgan fingerprint density at radius 2 is 1.90 bits per heavy atom. The van der Waals surface area contributed by atoms with Crippen LogP contribution in [0.1, 0.15) is 66.9 Å². The summed E-state index contributed by atoms with van der Waals surface area (Å²) in [7, 11) is 0. The molecule has 0 bridgehead atoms. The van der Waals surface area contributed by atoms with Crippen LogP contribution in [-0.4, -0.2) is 45.8 Å². The normalized spacial score (nSPS) is 22.6. The molecule has 208 valence electrons. The van der Waals surface area contributed by atoms with Crippen LogP contribution in [0.3, 0.4) is 0 Å². The third-order valence-electron chi connectivity index (χ3n) is 7.95. The minimum atomic E-state index is 0.0309. The summed E-state index contributed by atoms with van der Waals surface area (Å²) in [6.45, 7) is 5.19. The zero-order chi connectivity index (χ0) is 27.5. The number of benzene rings is 2. The van der Waals surface area contributed by atoms with Crippen molar-refractivity contribution in [2.75, 3.05) is 18.1 Å². The number of allylic oxidation sites excluding steroid dienone is 3. The van der Waals surface area contributed by atoms with Crippen molar-refractivity contribution in [1.29, 1.82) is 0 Å². The molecule has 3 heterocycles. The molecule has 4 aliphatic rings. The van der Waals surface area contributed by atoms with E-state index < -0.39 is 0 Å². The fraction of sp³-hybridized carbons (Fsp3) is 0.424. The molecular formula is C33H38N4OS2. The number of hydrogen-bond donors (Lipinski definition) is 1. The van der Waals surface area contributed by atoms with Gasteiger partial charge in [0.05, 0.1) is 17.1 Å². The monoisotopic (exact) mass is 570 g/mol. The number of carbonyl (C=O) groups excluding carboxylic acids is 1. The lowest BCUT2D eigenvalue weighted by atomic mass is 10.00. The number of nitrogens with one attached hydrogen (secondary N) is 1. The van der Waals surface area contributed by atoms with Gasteiger partial charge < -0.3 is 5.32 Å². The lowest BCUT2D eigenvalue weighted by Crippen LogP contribution is -2.30. The van der Waals surface area contributed by atoms with E-state index in [1.54, 1.807) is 11.8 Å². The van der Waals surface area contributed by atoms with Gasteiger partial charge in [-0.25, -0.2) is 5.01 Å². The summed E-state index contributed by atoms with van der Waals surface area (Å²) >= 11 is 3.80. The molecule has 1 atom stereocenters. The number of nitrogens with zero attached hydrogens (tertiary/aromatic N) is 3. The number of rotatable bonds is 6. The van der Waals surface area contributed by atoms with Gasteiger partial charge in [-0.15, -0.1) is 0 Å². The van der Waals surface area contributed by atoms with E-state index in [1.807, 2.05) is 13.0 Å². The second-order valence-corrected chi connectivity index (χ2v) is 13.7. The molecule has 5 nitrogen and oxygen atoms in total. The van der Waals surface area contributed by atoms with Gasteiger partial charge in [-0.3, -0.25) is 9.79 Å². The van der Waals surface area contributed by atoms with Crippen molar-refractivity contribution in [2.24, 2.45) is 21.9 Å². The van der Waals surface area contributed by atoms with Crippen molar-refractivity contribution in [3.05, 3.63) is 83.1 Å². The minimum absolute atomic E-state index is 0.0309. The van der Waals surface area contributed by atoms with Crippen LogP contribution in [0.4, 0.5) is 0 Å². The molecule has 2 aromatic carbocycles. The zero-order valence-corrected chi connectivity index (χ0v) is 25.1. The summed E-state index contributed by atoms with van der Waals surface area (Å²) in [6, 6.07) is 17.1. The number of aliphatic imine (C=N–C) groups is 1. The molecule has 40 heavy (non-hydrogen) atoms. The van der Waals surface area contributed by atoms with Crippen LogP contribution in [0.5, 0.6) is 0 Å². The number of fused-ring (bicyclic) bond motifs is 1. The zero-order valence-electron chi connectivity index (χ0n) is 23.4. The molecule has 1 unspecified atom stereocenters. The van der Waals surface area contributed by atoms with Crippen molar-refractivity contribution in [3.8, 4) is 0 Å². The molecule has 1 saturated heterocycles. The topological polar surface area (TPSA) is 57.1 Å². The van der Waals surface area contributed by atoms with Gasteiger partial charge in [-0.1, -0.05) is 55.1 Å². The Labute approximate surface area is 246 Å². The third-order valence-corrected chi connectivity index (χ3v) is 9.97. The second kappa shape index (κ2) is 12.4. The molecule has 0 radical (unpaired) electrons. The van der Waals surface area contributed by atoms with Crippen molar-refractivity contribution < 1.29 is 4.79 Å². The fourth-order valence-corrected chi connectivity index (χ4v) is 7.52. The van der Waals surface area contributed by atoms with E-state index in [0.29, 0.717) is 17.9 Å². The van der Waals surface area contributed by atoms with Gasteiger partial charge in [0.15, 0.2) is 0 Å². The lowest BCUT2D eigenvalue weighted by molar-refractivity contribution is 0.0950. The number of hydrazone groups is 1. The summed E-state index contributed by atoms with van der Waals surface area (Å²) in [4.78, 5) is 19.3. The molecule has 3 aliphatic heterocycles. The van der Waals surface area contributed by atoms with E-state index in [9.17, 15) is 4.79 Å². The van der Waals surface area contributed by atoms with E-state index in [0.717, 1.165) is 71.1 Å². The smallest absolute Gasteiger partial charge is 0.251 e. The number of amides is 1. The van der Waals surface area contributed by atoms with Crippen LogP contribution < -0.4 is 5.32 Å². The van der Waals surface area contributed by atoms with E-state index in [-0.39, 0.29) is 5.91 Å². The van der Waals surface area contributed by atoms with Gasteiger partial charge in [0.2, 0.25) is 0 Å². The average molecular weight is 571 g/mol. The van der Waals surface area contributed by atoms with Gasteiger partial charge >= 0.3 is 0 Å². The van der Waals surface area contributed by atoms with E-state index >= 15 is 0 Å². The van der Waals surface area contributed by atoms with Crippen molar-refractivity contribution in [3.63, 3.8) is 0 Å². The highest BCUT2D eigenvalue weighted by molar-refractivity contribution is 8.14. The maximum atomic E-state index is 12.8. The van der Waals surface area contributed by atoms with Gasteiger partial charge in [0.25, 0.3) is 5.91 Å². The first kappa shape index (κ1) is 27.4.